The maximum Gasteiger partial charge on any atom is 0.460 e. The van der Waals surface area contributed by atoms with Crippen molar-refractivity contribution in [2.24, 2.45) is 0 Å². The van der Waals surface area contributed by atoms with E-state index in [2.05, 4.69) is 90.1 Å². The molecule has 0 spiro atoms. The fraction of sp³-hybridized carbons (Fsp3) is 0.500. The van der Waals surface area contributed by atoms with Gasteiger partial charge in [0.25, 0.3) is 0 Å². The number of benzene rings is 2. The molecule has 0 aliphatic rings. The van der Waals surface area contributed by atoms with Crippen LogP contribution in [0.3, 0.4) is 0 Å². The van der Waals surface area contributed by atoms with Gasteiger partial charge >= 0.3 is 23.3 Å². The van der Waals surface area contributed by atoms with Crippen molar-refractivity contribution in [3.05, 3.63) is 59.7 Å². The molecule has 0 radical (unpaired) electrons. The number of rotatable bonds is 5. The smallest absolute Gasteiger partial charge is 0.460 e. The van der Waals surface area contributed by atoms with E-state index in [-0.39, 0.29) is 10.8 Å². The Bertz CT molecular complexity index is 1120. The fourth-order valence-electron chi connectivity index (χ4n) is 2.74. The summed E-state index contributed by atoms with van der Waals surface area (Å²) in [6.45, 7) is 13.5. The quantitative estimate of drug-likeness (QED) is 0.155. The average molecular weight is 599 g/mol. The van der Waals surface area contributed by atoms with Crippen LogP contribution in [-0.4, -0.2) is 36.2 Å². The highest BCUT2D eigenvalue weighted by Gasteiger charge is 2.83. The van der Waals surface area contributed by atoms with Crippen LogP contribution < -0.4 is 0 Å². The number of thiol groups is 1. The molecule has 0 aliphatic heterocycles. The molecule has 0 heterocycles. The van der Waals surface area contributed by atoms with Crippen LogP contribution in [0.1, 0.15) is 52.7 Å². The summed E-state index contributed by atoms with van der Waals surface area (Å²) in [4.78, 5) is 2.71. The van der Waals surface area contributed by atoms with Gasteiger partial charge in [0.05, 0.1) is 0 Å². The average Bonchev–Trinajstić information content (AvgIpc) is 2.72. The molecule has 2 rings (SSSR count). The molecule has 0 saturated heterocycles. The van der Waals surface area contributed by atoms with E-state index in [0.717, 1.165) is 0 Å². The molecule has 0 unspecified atom stereocenters. The maximum absolute atomic E-state index is 12.2. The van der Waals surface area contributed by atoms with Crippen molar-refractivity contribution in [1.82, 2.24) is 0 Å². The van der Waals surface area contributed by atoms with Crippen LogP contribution in [-0.2, 0) is 32.7 Å². The summed E-state index contributed by atoms with van der Waals surface area (Å²) in [6, 6.07) is 18.0. The van der Waals surface area contributed by atoms with Crippen LogP contribution in [0.25, 0.3) is 0 Å². The molecule has 2 aromatic carbocycles. The molecule has 0 aromatic heterocycles. The Morgan fingerprint density at radius 1 is 0.579 bits per heavy atom. The van der Waals surface area contributed by atoms with Gasteiger partial charge in [0, 0.05) is 11.8 Å². The second-order valence-electron chi connectivity index (χ2n) is 10.3. The van der Waals surface area contributed by atoms with Gasteiger partial charge < -0.3 is 4.55 Å². The van der Waals surface area contributed by atoms with Crippen LogP contribution >= 0.6 is 0 Å². The number of hydrogen-bond acceptors (Lipinski definition) is 3. The zero-order valence-electron chi connectivity index (χ0n) is 21.1. The molecular weight excluding hydrogens is 571 g/mol. The lowest BCUT2D eigenvalue weighted by molar-refractivity contribution is -0.382. The summed E-state index contributed by atoms with van der Waals surface area (Å²) in [7, 11) is -7.42. The third kappa shape index (κ3) is 7.59. The highest BCUT2D eigenvalue weighted by molar-refractivity contribution is 7.86. The summed E-state index contributed by atoms with van der Waals surface area (Å²) in [5.74, 6) is -14.8. The van der Waals surface area contributed by atoms with E-state index in [1.165, 1.54) is 32.7 Å². The van der Waals surface area contributed by atoms with Gasteiger partial charge in [0.1, 0.15) is 0 Å². The molecule has 0 aliphatic carbocycles. The minimum absolute atomic E-state index is 0.226. The zero-order valence-corrected chi connectivity index (χ0v) is 22.8. The van der Waals surface area contributed by atoms with Gasteiger partial charge in [-0.2, -0.15) is 39.5 Å². The van der Waals surface area contributed by atoms with Crippen molar-refractivity contribution >= 4 is 21.9 Å². The van der Waals surface area contributed by atoms with Gasteiger partial charge in [-0.05, 0) is 46.2 Å². The molecule has 0 bridgehead atoms. The fourth-order valence-corrected chi connectivity index (χ4v) is 4.08. The summed E-state index contributed by atoms with van der Waals surface area (Å²) in [5, 5.41) is -7.11. The van der Waals surface area contributed by atoms with E-state index >= 15 is 0 Å². The zero-order chi connectivity index (χ0) is 30.2. The lowest BCUT2D eigenvalue weighted by Crippen LogP contribution is -2.63. The van der Waals surface area contributed by atoms with Crippen molar-refractivity contribution in [3.8, 4) is 0 Å². The van der Waals surface area contributed by atoms with Crippen molar-refractivity contribution in [3.63, 3.8) is 0 Å². The summed E-state index contributed by atoms with van der Waals surface area (Å²) in [5.41, 5.74) is 3.24. The standard InChI is InChI=1S/C20H26S.C4HF9O3S/c1-19(2,3)15-7-11-17(12-8-15)21-18-13-9-16(10-14-18)20(4,5)6;5-1(6,3(9,10)11)2(7,8)4(12,13)17(14,15)16/h7-14H,1-6H3;(H,14,15,16). The Hall–Kier alpha value is -1.93. The Labute approximate surface area is 219 Å². The topological polar surface area (TPSA) is 57.2 Å². The molecule has 216 valence electrons. The number of halogens is 9. The van der Waals surface area contributed by atoms with Crippen LogP contribution in [0.5, 0.6) is 0 Å². The van der Waals surface area contributed by atoms with E-state index in [1.807, 2.05) is 0 Å². The van der Waals surface area contributed by atoms with E-state index in [9.17, 15) is 52.5 Å². The molecule has 0 saturated carbocycles. The Kier molecular flexibility index (Phi) is 9.79. The molecule has 2 aromatic rings. The molecule has 14 heteroatoms. The Balaban J connectivity index is 0.000000391. The lowest BCUT2D eigenvalue weighted by atomic mass is 9.87. The lowest BCUT2D eigenvalue weighted by Gasteiger charge is -2.34. The van der Waals surface area contributed by atoms with E-state index in [0.29, 0.717) is 0 Å². The minimum Gasteiger partial charge on any atom is -0.743 e. The highest BCUT2D eigenvalue weighted by atomic mass is 32.2. The van der Waals surface area contributed by atoms with Gasteiger partial charge in [-0.15, -0.1) is 0 Å². The first-order valence-corrected chi connectivity index (χ1v) is 13.0. The second kappa shape index (κ2) is 10.9. The van der Waals surface area contributed by atoms with Crippen molar-refractivity contribution in [2.45, 2.75) is 85.4 Å². The van der Waals surface area contributed by atoms with Crippen molar-refractivity contribution < 1.29 is 52.5 Å². The third-order valence-corrected chi connectivity index (χ3v) is 7.15. The molecular formula is C24H27F9O3S2. The predicted octanol–water partition coefficient (Wildman–Crippen LogP) is 7.47. The molecule has 0 fully saturated rings. The van der Waals surface area contributed by atoms with E-state index in [1.54, 1.807) is 0 Å². The van der Waals surface area contributed by atoms with Crippen LogP contribution in [0, 0.1) is 0 Å². The minimum atomic E-state index is -7.43. The van der Waals surface area contributed by atoms with Gasteiger partial charge in [-0.3, -0.25) is 0 Å². The summed E-state index contributed by atoms with van der Waals surface area (Å²) in [6.07, 6.45) is -7.16. The van der Waals surface area contributed by atoms with Gasteiger partial charge in [-0.1, -0.05) is 65.8 Å². The molecule has 38 heavy (non-hydrogen) atoms. The normalized spacial score (nSPS) is 14.1. The van der Waals surface area contributed by atoms with Gasteiger partial charge in [-0.25, -0.2) is 8.42 Å². The predicted molar refractivity (Wildman–Crippen MR) is 126 cm³/mol. The molecule has 3 nitrogen and oxygen atoms in total. The summed E-state index contributed by atoms with van der Waals surface area (Å²) >= 11 is 1.28. The van der Waals surface area contributed by atoms with Gasteiger partial charge in [0.15, 0.2) is 19.9 Å². The number of hydrogen-bond donors (Lipinski definition) is 0. The van der Waals surface area contributed by atoms with Gasteiger partial charge in [0.2, 0.25) is 0 Å². The second-order valence-corrected chi connectivity index (χ2v) is 13.0. The molecule has 0 atom stereocenters. The maximum atomic E-state index is 12.2. The first kappa shape index (κ1) is 34.1. The first-order chi connectivity index (χ1) is 16.7. The molecule has 0 amide bonds. The van der Waals surface area contributed by atoms with Crippen LogP contribution in [0.15, 0.2) is 58.3 Å². The van der Waals surface area contributed by atoms with E-state index < -0.39 is 33.4 Å². The third-order valence-electron chi connectivity index (χ3n) is 5.15. The Morgan fingerprint density at radius 3 is 1.08 bits per heavy atom. The first-order valence-electron chi connectivity index (χ1n) is 10.7. The van der Waals surface area contributed by atoms with Crippen molar-refractivity contribution in [2.75, 3.05) is 0 Å². The van der Waals surface area contributed by atoms with Crippen molar-refractivity contribution in [1.29, 1.82) is 0 Å². The van der Waals surface area contributed by atoms with E-state index in [4.69, 9.17) is 0 Å². The van der Waals surface area contributed by atoms with Crippen LogP contribution in [0.2, 0.25) is 0 Å². The highest BCUT2D eigenvalue weighted by Crippen LogP contribution is 2.54. The van der Waals surface area contributed by atoms with Crippen LogP contribution in [0.4, 0.5) is 39.5 Å². The SMILES string of the molecule is CC(C)(C)c1ccc([SH+]c2ccc(C(C)(C)C)cc2)cc1.O=S(=O)([O-])C(F)(F)C(F)(F)C(F)(F)C(F)(F)F. The summed E-state index contributed by atoms with van der Waals surface area (Å²) < 4.78 is 135. The molecule has 0 N–H and O–H groups in total. The number of alkyl halides is 9. The monoisotopic (exact) mass is 598 g/mol. The largest absolute Gasteiger partial charge is 0.743 e. The Morgan fingerprint density at radius 2 is 0.868 bits per heavy atom.